The molecule has 26 heavy (non-hydrogen) atoms. The number of hydrogen-bond acceptors (Lipinski definition) is 2. The van der Waals surface area contributed by atoms with E-state index in [0.29, 0.717) is 5.92 Å². The number of nitrogens with one attached hydrogen (secondary N) is 1. The first kappa shape index (κ1) is 17.1. The highest BCUT2D eigenvalue weighted by molar-refractivity contribution is 5.90. The van der Waals surface area contributed by atoms with Gasteiger partial charge >= 0.3 is 0 Å². The number of likely N-dealkylation sites (N-methyl/N-ethyl adjacent to an activating group) is 1. The van der Waals surface area contributed by atoms with Gasteiger partial charge in [-0.15, -0.1) is 0 Å². The molecule has 4 nitrogen and oxygen atoms in total. The predicted molar refractivity (Wildman–Crippen MR) is 106 cm³/mol. The minimum Gasteiger partial charge on any atom is -0.343 e. The lowest BCUT2D eigenvalue weighted by Gasteiger charge is -2.29. The van der Waals surface area contributed by atoms with E-state index in [1.807, 2.05) is 12.3 Å². The van der Waals surface area contributed by atoms with Crippen molar-refractivity contribution in [2.24, 2.45) is 5.92 Å². The van der Waals surface area contributed by atoms with E-state index in [-0.39, 0.29) is 0 Å². The lowest BCUT2D eigenvalue weighted by molar-refractivity contribution is -0.740. The zero-order chi connectivity index (χ0) is 18.3. The van der Waals surface area contributed by atoms with Crippen LogP contribution in [0.3, 0.4) is 0 Å². The second-order valence-corrected chi connectivity index (χ2v) is 7.60. The van der Waals surface area contributed by atoms with Crippen LogP contribution in [0.25, 0.3) is 10.9 Å². The lowest BCUT2D eigenvalue weighted by atomic mass is 9.87. The number of rotatable bonds is 4. The minimum absolute atomic E-state index is 0.441. The molecule has 3 heterocycles. The summed E-state index contributed by atoms with van der Waals surface area (Å²) in [6.45, 7) is 9.49. The largest absolute Gasteiger partial charge is 0.343 e. The van der Waals surface area contributed by atoms with Crippen molar-refractivity contribution in [3.05, 3.63) is 58.8 Å². The lowest BCUT2D eigenvalue weighted by Crippen LogP contribution is -2.66. The Balaban J connectivity index is 1.83. The third-order valence-electron chi connectivity index (χ3n) is 5.80. The Morgan fingerprint density at radius 3 is 3.00 bits per heavy atom. The molecule has 0 aliphatic carbocycles. The maximum atomic E-state index is 4.92. The minimum atomic E-state index is 0.441. The van der Waals surface area contributed by atoms with Gasteiger partial charge in [0, 0.05) is 49.1 Å². The Morgan fingerprint density at radius 2 is 2.23 bits per heavy atom. The van der Waals surface area contributed by atoms with E-state index in [0.717, 1.165) is 32.5 Å². The average Bonchev–Trinajstić information content (AvgIpc) is 2.92. The second-order valence-electron chi connectivity index (χ2n) is 7.60. The summed E-state index contributed by atoms with van der Waals surface area (Å²) in [5.74, 6) is 0.441. The standard InChI is InChI=1S/C22H27N3O/c1-5-16(6-8-23-26-4)18-12-17-10-15(2)11-19-20-14-24(3)9-7-21(20)25(13-18)22(17)19/h5-6,8,10-11,18H,1,7,9,12-14H2,2-4H3/p+1/b16-6+,23-8+. The van der Waals surface area contributed by atoms with E-state index in [2.05, 4.69) is 53.4 Å². The Kier molecular flexibility index (Phi) is 4.45. The third-order valence-corrected chi connectivity index (χ3v) is 5.80. The summed E-state index contributed by atoms with van der Waals surface area (Å²) in [6, 6.07) is 4.76. The number of allylic oxidation sites excluding steroid dienone is 3. The summed E-state index contributed by atoms with van der Waals surface area (Å²) in [4.78, 5) is 7.35. The topological polar surface area (TPSA) is 31.4 Å². The Hall–Kier alpha value is -2.33. The van der Waals surface area contributed by atoms with Gasteiger partial charge in [0.25, 0.3) is 0 Å². The molecule has 0 spiro atoms. The third kappa shape index (κ3) is 2.78. The maximum absolute atomic E-state index is 4.92. The fraction of sp³-hybridized carbons (Fsp3) is 0.409. The number of hydrogen-bond donors (Lipinski definition) is 1. The van der Waals surface area contributed by atoms with Crippen molar-refractivity contribution in [1.82, 2.24) is 9.47 Å². The van der Waals surface area contributed by atoms with E-state index in [9.17, 15) is 0 Å². The molecule has 0 saturated heterocycles. The van der Waals surface area contributed by atoms with Crippen LogP contribution in [0.15, 0.2) is 36.4 Å². The number of nitrogens with zero attached hydrogens (tertiary/aromatic N) is 2. The van der Waals surface area contributed by atoms with Crippen LogP contribution in [0.1, 0.15) is 22.4 Å². The molecule has 2 aromatic rings. The molecule has 0 radical (unpaired) electrons. The Bertz CT molecular complexity index is 919. The van der Waals surface area contributed by atoms with Crippen LogP contribution >= 0.6 is 0 Å². The van der Waals surface area contributed by atoms with Gasteiger partial charge in [-0.2, -0.15) is 0 Å². The zero-order valence-electron chi connectivity index (χ0n) is 16.0. The van der Waals surface area contributed by atoms with E-state index in [1.54, 1.807) is 7.11 Å². The summed E-state index contributed by atoms with van der Waals surface area (Å²) in [5.41, 5.74) is 8.63. The molecule has 4 heteroatoms. The molecule has 1 atom stereocenters. The Labute approximate surface area is 155 Å². The van der Waals surface area contributed by atoms with Crippen molar-refractivity contribution in [1.29, 1.82) is 0 Å². The van der Waals surface area contributed by atoms with Gasteiger partial charge in [0.2, 0.25) is 6.21 Å². The van der Waals surface area contributed by atoms with Crippen LogP contribution in [0.5, 0.6) is 0 Å². The number of aryl methyl sites for hydroxylation is 1. The van der Waals surface area contributed by atoms with Crippen molar-refractivity contribution >= 4 is 17.1 Å². The first-order chi connectivity index (χ1) is 12.6. The van der Waals surface area contributed by atoms with Gasteiger partial charge in [0.15, 0.2) is 0 Å². The molecule has 2 aliphatic heterocycles. The molecule has 1 N–H and O–H groups in total. The first-order valence-corrected chi connectivity index (χ1v) is 9.38. The fourth-order valence-corrected chi connectivity index (χ4v) is 4.66. The summed E-state index contributed by atoms with van der Waals surface area (Å²) in [5, 5.41) is 4.26. The van der Waals surface area contributed by atoms with Crippen molar-refractivity contribution in [2.45, 2.75) is 32.9 Å². The Morgan fingerprint density at radius 1 is 1.38 bits per heavy atom. The van der Waals surface area contributed by atoms with E-state index in [1.165, 1.54) is 38.9 Å². The smallest absolute Gasteiger partial charge is 0.213 e. The van der Waals surface area contributed by atoms with Gasteiger partial charge < -0.3 is 9.47 Å². The molecule has 0 saturated carbocycles. The highest BCUT2D eigenvalue weighted by atomic mass is 16.6. The molecule has 1 unspecified atom stereocenters. The second kappa shape index (κ2) is 6.76. The SMILES string of the molecule is C=C/C(=C\C=[NH+]\OC)C1Cc2cc(C)cc3c4c(n(c23)C1)CCN(C)C4. The van der Waals surface area contributed by atoms with Crippen LogP contribution in [0.2, 0.25) is 0 Å². The van der Waals surface area contributed by atoms with Crippen molar-refractivity contribution in [3.63, 3.8) is 0 Å². The maximum Gasteiger partial charge on any atom is 0.213 e. The molecular weight excluding hydrogens is 322 g/mol. The van der Waals surface area contributed by atoms with Crippen LogP contribution in [0, 0.1) is 12.8 Å². The molecule has 0 bridgehead atoms. The monoisotopic (exact) mass is 350 g/mol. The van der Waals surface area contributed by atoms with Crippen LogP contribution in [-0.2, 0) is 30.8 Å². The van der Waals surface area contributed by atoms with Gasteiger partial charge in [-0.1, -0.05) is 24.3 Å². The zero-order valence-corrected chi connectivity index (χ0v) is 16.0. The number of aromatic nitrogens is 1. The van der Waals surface area contributed by atoms with Gasteiger partial charge in [0.1, 0.15) is 7.11 Å². The summed E-state index contributed by atoms with van der Waals surface area (Å²) in [6.07, 6.45) is 8.12. The molecular formula is C22H28N3O+. The fourth-order valence-electron chi connectivity index (χ4n) is 4.66. The van der Waals surface area contributed by atoms with E-state index >= 15 is 0 Å². The molecule has 4 rings (SSSR count). The van der Waals surface area contributed by atoms with Crippen molar-refractivity contribution in [3.8, 4) is 0 Å². The molecule has 1 aromatic heterocycles. The molecule has 2 aliphatic rings. The number of benzene rings is 1. The molecule has 0 fully saturated rings. The van der Waals surface area contributed by atoms with Crippen LogP contribution < -0.4 is 5.16 Å². The predicted octanol–water partition coefficient (Wildman–Crippen LogP) is 1.94. The number of fused-ring (bicyclic) bond motifs is 3. The summed E-state index contributed by atoms with van der Waals surface area (Å²) in [7, 11) is 3.85. The highest BCUT2D eigenvalue weighted by Crippen LogP contribution is 2.39. The first-order valence-electron chi connectivity index (χ1n) is 9.38. The van der Waals surface area contributed by atoms with Crippen molar-refractivity contribution in [2.75, 3.05) is 20.7 Å². The quantitative estimate of drug-likeness (QED) is 0.519. The average molecular weight is 350 g/mol. The van der Waals surface area contributed by atoms with E-state index < -0.39 is 0 Å². The normalized spacial score (nSPS) is 20.6. The molecule has 136 valence electrons. The van der Waals surface area contributed by atoms with Crippen LogP contribution in [-0.4, -0.2) is 36.4 Å². The van der Waals surface area contributed by atoms with E-state index in [4.69, 9.17) is 4.84 Å². The van der Waals surface area contributed by atoms with Gasteiger partial charge in [-0.3, -0.25) is 4.84 Å². The van der Waals surface area contributed by atoms with Gasteiger partial charge in [0.05, 0.1) is 5.52 Å². The van der Waals surface area contributed by atoms with Gasteiger partial charge in [-0.05, 0) is 48.3 Å². The highest BCUT2D eigenvalue weighted by Gasteiger charge is 2.29. The molecule has 0 amide bonds. The van der Waals surface area contributed by atoms with Crippen molar-refractivity contribution < 1.29 is 9.99 Å². The van der Waals surface area contributed by atoms with Gasteiger partial charge in [-0.25, -0.2) is 0 Å². The summed E-state index contributed by atoms with van der Waals surface area (Å²) < 4.78 is 2.60. The summed E-state index contributed by atoms with van der Waals surface area (Å²) >= 11 is 0. The molecule has 1 aromatic carbocycles. The van der Waals surface area contributed by atoms with Crippen LogP contribution in [0.4, 0.5) is 0 Å².